The molecule has 0 spiro atoms. The minimum atomic E-state index is -0.550. The summed E-state index contributed by atoms with van der Waals surface area (Å²) in [6, 6.07) is 9.02. The summed E-state index contributed by atoms with van der Waals surface area (Å²) in [6.07, 6.45) is 0. The summed E-state index contributed by atoms with van der Waals surface area (Å²) in [5, 5.41) is 0. The monoisotopic (exact) mass is 194 g/mol. The molecule has 76 valence electrons. The Morgan fingerprint density at radius 1 is 1.50 bits per heavy atom. The van der Waals surface area contributed by atoms with E-state index in [9.17, 15) is 4.79 Å². The molecule has 1 aromatic rings. The van der Waals surface area contributed by atoms with Gasteiger partial charge in [0.1, 0.15) is 0 Å². The van der Waals surface area contributed by atoms with Crippen molar-refractivity contribution in [1.82, 2.24) is 5.48 Å². The van der Waals surface area contributed by atoms with Crippen LogP contribution in [-0.4, -0.2) is 11.9 Å². The predicted molar refractivity (Wildman–Crippen MR) is 53.0 cm³/mol. The molecule has 0 saturated carbocycles. The molecule has 4 heteroatoms. The van der Waals surface area contributed by atoms with E-state index < -0.39 is 6.04 Å². The molecule has 0 heterocycles. The van der Waals surface area contributed by atoms with Crippen LogP contribution in [0.15, 0.2) is 30.3 Å². The third kappa shape index (κ3) is 3.55. The molecule has 0 aliphatic carbocycles. The lowest BCUT2D eigenvalue weighted by Gasteiger charge is -2.07. The van der Waals surface area contributed by atoms with Crippen molar-refractivity contribution in [3.05, 3.63) is 35.9 Å². The zero-order valence-corrected chi connectivity index (χ0v) is 8.07. The van der Waals surface area contributed by atoms with Gasteiger partial charge in [-0.15, -0.1) is 0 Å². The molecule has 14 heavy (non-hydrogen) atoms. The Morgan fingerprint density at radius 3 is 2.71 bits per heavy atom. The molecule has 0 fully saturated rings. The first-order valence-electron chi connectivity index (χ1n) is 4.41. The van der Waals surface area contributed by atoms with Crippen LogP contribution in [0, 0.1) is 0 Å². The summed E-state index contributed by atoms with van der Waals surface area (Å²) in [4.78, 5) is 15.9. The van der Waals surface area contributed by atoms with Gasteiger partial charge in [-0.1, -0.05) is 30.3 Å². The minimum Gasteiger partial charge on any atom is -0.320 e. The number of carbonyl (C=O) groups is 1. The van der Waals surface area contributed by atoms with E-state index in [0.717, 1.165) is 5.56 Å². The van der Waals surface area contributed by atoms with Gasteiger partial charge in [0.15, 0.2) is 0 Å². The van der Waals surface area contributed by atoms with E-state index in [1.165, 1.54) is 0 Å². The van der Waals surface area contributed by atoms with Crippen LogP contribution in [0.25, 0.3) is 0 Å². The molecule has 0 unspecified atom stereocenters. The fraction of sp³-hybridized carbons (Fsp3) is 0.300. The lowest BCUT2D eigenvalue weighted by molar-refractivity contribution is -0.135. The number of hydrogen-bond donors (Lipinski definition) is 2. The van der Waals surface area contributed by atoms with E-state index in [1.807, 2.05) is 30.3 Å². The van der Waals surface area contributed by atoms with Crippen LogP contribution in [0.1, 0.15) is 12.5 Å². The maximum Gasteiger partial charge on any atom is 0.260 e. The Labute approximate surface area is 83.0 Å². The molecule has 3 N–H and O–H groups in total. The van der Waals surface area contributed by atoms with Gasteiger partial charge in [0, 0.05) is 0 Å². The average molecular weight is 194 g/mol. The Kier molecular flexibility index (Phi) is 4.10. The molecule has 0 aromatic heterocycles. The SMILES string of the molecule is C[C@H](N)C(=O)NOCc1ccccc1. The van der Waals surface area contributed by atoms with Gasteiger partial charge >= 0.3 is 0 Å². The van der Waals surface area contributed by atoms with E-state index in [2.05, 4.69) is 5.48 Å². The largest absolute Gasteiger partial charge is 0.320 e. The van der Waals surface area contributed by atoms with Crippen molar-refractivity contribution < 1.29 is 9.63 Å². The molecule has 0 aliphatic rings. The van der Waals surface area contributed by atoms with Crippen LogP contribution in [0.4, 0.5) is 0 Å². The van der Waals surface area contributed by atoms with Crippen LogP contribution in [-0.2, 0) is 16.2 Å². The van der Waals surface area contributed by atoms with Gasteiger partial charge in [-0.25, -0.2) is 5.48 Å². The molecule has 0 bridgehead atoms. The Hall–Kier alpha value is -1.39. The maximum atomic E-state index is 11.0. The topological polar surface area (TPSA) is 64.4 Å². The molecular formula is C10H14N2O2. The number of benzene rings is 1. The number of carbonyl (C=O) groups excluding carboxylic acids is 1. The summed E-state index contributed by atoms with van der Waals surface area (Å²) < 4.78 is 0. The van der Waals surface area contributed by atoms with Crippen molar-refractivity contribution >= 4 is 5.91 Å². The standard InChI is InChI=1S/C10H14N2O2/c1-8(11)10(13)12-14-7-9-5-3-2-4-6-9/h2-6,8H,7,11H2,1H3,(H,12,13)/t8-/m0/s1. The van der Waals surface area contributed by atoms with Crippen molar-refractivity contribution in [2.75, 3.05) is 0 Å². The molecule has 1 aromatic carbocycles. The summed E-state index contributed by atoms with van der Waals surface area (Å²) >= 11 is 0. The zero-order chi connectivity index (χ0) is 10.4. The van der Waals surface area contributed by atoms with Gasteiger partial charge < -0.3 is 5.73 Å². The van der Waals surface area contributed by atoms with Crippen LogP contribution >= 0.6 is 0 Å². The smallest absolute Gasteiger partial charge is 0.260 e. The first-order chi connectivity index (χ1) is 6.70. The normalized spacial score (nSPS) is 12.1. The van der Waals surface area contributed by atoms with E-state index in [4.69, 9.17) is 10.6 Å². The molecule has 0 radical (unpaired) electrons. The number of nitrogens with one attached hydrogen (secondary N) is 1. The van der Waals surface area contributed by atoms with E-state index in [1.54, 1.807) is 6.92 Å². The second-order valence-corrected chi connectivity index (χ2v) is 3.03. The minimum absolute atomic E-state index is 0.319. The highest BCUT2D eigenvalue weighted by molar-refractivity contribution is 5.79. The third-order valence-corrected chi connectivity index (χ3v) is 1.67. The molecule has 0 saturated heterocycles. The van der Waals surface area contributed by atoms with Gasteiger partial charge in [-0.3, -0.25) is 9.63 Å². The Bertz CT molecular complexity index is 285. The van der Waals surface area contributed by atoms with Gasteiger partial charge in [0.25, 0.3) is 5.91 Å². The quantitative estimate of drug-likeness (QED) is 0.689. The van der Waals surface area contributed by atoms with Gasteiger partial charge in [-0.2, -0.15) is 0 Å². The van der Waals surface area contributed by atoms with Crippen molar-refractivity contribution in [3.63, 3.8) is 0 Å². The van der Waals surface area contributed by atoms with Gasteiger partial charge in [0.2, 0.25) is 0 Å². The molecule has 1 atom stereocenters. The second-order valence-electron chi connectivity index (χ2n) is 3.03. The summed E-state index contributed by atoms with van der Waals surface area (Å²) in [5.74, 6) is -0.319. The van der Waals surface area contributed by atoms with Crippen LogP contribution in [0.3, 0.4) is 0 Å². The van der Waals surface area contributed by atoms with E-state index in [0.29, 0.717) is 6.61 Å². The summed E-state index contributed by atoms with van der Waals surface area (Å²) in [5.41, 5.74) is 8.59. The lowest BCUT2D eigenvalue weighted by atomic mass is 10.2. The molecular weight excluding hydrogens is 180 g/mol. The number of hydroxylamine groups is 1. The average Bonchev–Trinajstić information content (AvgIpc) is 2.19. The van der Waals surface area contributed by atoms with E-state index >= 15 is 0 Å². The summed E-state index contributed by atoms with van der Waals surface area (Å²) in [6.45, 7) is 1.94. The second kappa shape index (κ2) is 5.36. The fourth-order valence-corrected chi connectivity index (χ4v) is 0.858. The van der Waals surface area contributed by atoms with Crippen molar-refractivity contribution in [2.24, 2.45) is 5.73 Å². The first-order valence-corrected chi connectivity index (χ1v) is 4.41. The molecule has 4 nitrogen and oxygen atoms in total. The van der Waals surface area contributed by atoms with Crippen LogP contribution < -0.4 is 11.2 Å². The Morgan fingerprint density at radius 2 is 2.14 bits per heavy atom. The van der Waals surface area contributed by atoms with E-state index in [-0.39, 0.29) is 5.91 Å². The molecule has 1 amide bonds. The maximum absolute atomic E-state index is 11.0. The highest BCUT2D eigenvalue weighted by Crippen LogP contribution is 1.98. The van der Waals surface area contributed by atoms with Crippen molar-refractivity contribution in [2.45, 2.75) is 19.6 Å². The fourth-order valence-electron chi connectivity index (χ4n) is 0.858. The highest BCUT2D eigenvalue weighted by Gasteiger charge is 2.05. The first kappa shape index (κ1) is 10.7. The lowest BCUT2D eigenvalue weighted by Crippen LogP contribution is -2.38. The summed E-state index contributed by atoms with van der Waals surface area (Å²) in [7, 11) is 0. The molecule has 0 aliphatic heterocycles. The third-order valence-electron chi connectivity index (χ3n) is 1.67. The number of hydrogen-bond acceptors (Lipinski definition) is 3. The predicted octanol–water partition coefficient (Wildman–Crippen LogP) is 0.582. The van der Waals surface area contributed by atoms with Crippen molar-refractivity contribution in [1.29, 1.82) is 0 Å². The van der Waals surface area contributed by atoms with Gasteiger partial charge in [-0.05, 0) is 12.5 Å². The number of nitrogens with two attached hydrogens (primary N) is 1. The van der Waals surface area contributed by atoms with Crippen LogP contribution in [0.2, 0.25) is 0 Å². The zero-order valence-electron chi connectivity index (χ0n) is 8.07. The van der Waals surface area contributed by atoms with Crippen molar-refractivity contribution in [3.8, 4) is 0 Å². The number of amides is 1. The number of rotatable bonds is 4. The Balaban J connectivity index is 2.26. The highest BCUT2D eigenvalue weighted by atomic mass is 16.6. The molecule has 1 rings (SSSR count). The van der Waals surface area contributed by atoms with Gasteiger partial charge in [0.05, 0.1) is 12.6 Å². The van der Waals surface area contributed by atoms with Crippen LogP contribution in [0.5, 0.6) is 0 Å².